The third kappa shape index (κ3) is 3.21. The highest BCUT2D eigenvalue weighted by Crippen LogP contribution is 2.35. The number of hydrogen-bond acceptors (Lipinski definition) is 3. The lowest BCUT2D eigenvalue weighted by atomic mass is 9.93. The van der Waals surface area contributed by atoms with Gasteiger partial charge in [0.05, 0.1) is 29.0 Å². The van der Waals surface area contributed by atoms with Gasteiger partial charge in [0.25, 0.3) is 5.91 Å². The number of hydrogen-bond donors (Lipinski definition) is 0. The Morgan fingerprint density at radius 2 is 1.97 bits per heavy atom. The van der Waals surface area contributed by atoms with Gasteiger partial charge in [-0.05, 0) is 42.2 Å². The molecule has 4 heterocycles. The number of nitrogens with zero attached hydrogens (tertiary/aromatic N) is 5. The van der Waals surface area contributed by atoms with Crippen LogP contribution in [0.4, 0.5) is 0 Å². The Labute approximate surface area is 192 Å². The molecular formula is C27H25N5O. The Hall–Kier alpha value is -3.93. The van der Waals surface area contributed by atoms with Crippen molar-refractivity contribution in [3.8, 4) is 0 Å². The lowest BCUT2D eigenvalue weighted by Gasteiger charge is -2.36. The van der Waals surface area contributed by atoms with Crippen LogP contribution in [0.5, 0.6) is 0 Å². The Morgan fingerprint density at radius 3 is 2.88 bits per heavy atom. The number of carbonyl (C=O) groups excluding carboxylic acids is 1. The van der Waals surface area contributed by atoms with Crippen LogP contribution in [0.3, 0.4) is 0 Å². The molecule has 0 saturated carbocycles. The van der Waals surface area contributed by atoms with Crippen LogP contribution >= 0.6 is 0 Å². The summed E-state index contributed by atoms with van der Waals surface area (Å²) in [6.45, 7) is 0.678. The fraction of sp³-hybridized carbons (Fsp3) is 0.222. The van der Waals surface area contributed by atoms with Crippen LogP contribution in [0.2, 0.25) is 0 Å². The van der Waals surface area contributed by atoms with Crippen LogP contribution in [0.1, 0.15) is 33.2 Å². The molecule has 33 heavy (non-hydrogen) atoms. The van der Waals surface area contributed by atoms with Crippen molar-refractivity contribution in [3.05, 3.63) is 95.6 Å². The first-order valence-corrected chi connectivity index (χ1v) is 11.3. The normalized spacial score (nSPS) is 15.8. The first kappa shape index (κ1) is 19.7. The van der Waals surface area contributed by atoms with E-state index >= 15 is 0 Å². The predicted molar refractivity (Wildman–Crippen MR) is 129 cm³/mol. The van der Waals surface area contributed by atoms with E-state index in [2.05, 4.69) is 40.4 Å². The van der Waals surface area contributed by atoms with Gasteiger partial charge in [-0.25, -0.2) is 0 Å². The maximum absolute atomic E-state index is 14.0. The zero-order chi connectivity index (χ0) is 22.5. The summed E-state index contributed by atoms with van der Waals surface area (Å²) in [5, 5.41) is 6.64. The van der Waals surface area contributed by atoms with E-state index in [1.807, 2.05) is 71.1 Å². The molecule has 0 fully saturated rings. The maximum atomic E-state index is 14.0. The fourth-order valence-electron chi connectivity index (χ4n) is 5.24. The Balaban J connectivity index is 1.43. The summed E-state index contributed by atoms with van der Waals surface area (Å²) in [5.41, 5.74) is 6.30. The molecule has 1 aliphatic heterocycles. The second-order valence-corrected chi connectivity index (χ2v) is 8.85. The lowest BCUT2D eigenvalue weighted by Crippen LogP contribution is -2.41. The topological polar surface area (TPSA) is 56.0 Å². The van der Waals surface area contributed by atoms with Gasteiger partial charge in [0.2, 0.25) is 0 Å². The fourth-order valence-corrected chi connectivity index (χ4v) is 5.24. The number of carbonyl (C=O) groups is 1. The van der Waals surface area contributed by atoms with Crippen LogP contribution in [-0.2, 0) is 26.9 Å². The number of pyridine rings is 1. The van der Waals surface area contributed by atoms with Crippen molar-refractivity contribution in [2.24, 2.45) is 14.1 Å². The molecule has 1 amide bonds. The van der Waals surface area contributed by atoms with Crippen molar-refractivity contribution in [1.82, 2.24) is 24.2 Å². The summed E-state index contributed by atoms with van der Waals surface area (Å²) in [5.74, 6) is 0.0718. The second kappa shape index (κ2) is 7.59. The number of aromatic nitrogens is 4. The van der Waals surface area contributed by atoms with Gasteiger partial charge in [0.1, 0.15) is 0 Å². The maximum Gasteiger partial charge on any atom is 0.256 e. The van der Waals surface area contributed by atoms with E-state index in [0.717, 1.165) is 51.5 Å². The van der Waals surface area contributed by atoms with Crippen LogP contribution in [0, 0.1) is 0 Å². The third-order valence-corrected chi connectivity index (χ3v) is 6.87. The van der Waals surface area contributed by atoms with Crippen molar-refractivity contribution in [1.29, 1.82) is 0 Å². The molecule has 1 atom stereocenters. The minimum atomic E-state index is -0.0890. The quantitative estimate of drug-likeness (QED) is 0.421. The molecule has 6 rings (SSSR count). The molecule has 6 heteroatoms. The van der Waals surface area contributed by atoms with Gasteiger partial charge in [-0.1, -0.05) is 36.4 Å². The zero-order valence-corrected chi connectivity index (χ0v) is 18.8. The zero-order valence-electron chi connectivity index (χ0n) is 18.8. The molecule has 5 aromatic rings. The average Bonchev–Trinajstić information content (AvgIpc) is 3.39. The second-order valence-electron chi connectivity index (χ2n) is 8.85. The third-order valence-electron chi connectivity index (χ3n) is 6.87. The molecule has 0 N–H and O–H groups in total. The van der Waals surface area contributed by atoms with Crippen LogP contribution in [-0.4, -0.2) is 36.7 Å². The Kier molecular flexibility index (Phi) is 4.54. The van der Waals surface area contributed by atoms with Gasteiger partial charge in [0.15, 0.2) is 0 Å². The van der Waals surface area contributed by atoms with Crippen molar-refractivity contribution in [2.75, 3.05) is 6.54 Å². The predicted octanol–water partition coefficient (Wildman–Crippen LogP) is 4.44. The highest BCUT2D eigenvalue weighted by atomic mass is 16.2. The SMILES string of the molecule is Cn1ncc2c1C(Cc1ccc3cccnc3c1)N(C(=O)c1cn(C)c3ccccc13)CC2. The van der Waals surface area contributed by atoms with Crippen LogP contribution < -0.4 is 0 Å². The number of benzene rings is 2. The molecule has 0 radical (unpaired) electrons. The van der Waals surface area contributed by atoms with Crippen LogP contribution in [0.15, 0.2) is 73.2 Å². The van der Waals surface area contributed by atoms with E-state index < -0.39 is 0 Å². The van der Waals surface area contributed by atoms with E-state index in [1.165, 1.54) is 5.56 Å². The largest absolute Gasteiger partial charge is 0.350 e. The minimum absolute atomic E-state index is 0.0718. The van der Waals surface area contributed by atoms with E-state index in [-0.39, 0.29) is 11.9 Å². The molecular weight excluding hydrogens is 410 g/mol. The summed E-state index contributed by atoms with van der Waals surface area (Å²) in [4.78, 5) is 20.5. The number of rotatable bonds is 3. The van der Waals surface area contributed by atoms with Crippen molar-refractivity contribution < 1.29 is 4.79 Å². The highest BCUT2D eigenvalue weighted by Gasteiger charge is 2.35. The molecule has 0 saturated heterocycles. The molecule has 164 valence electrons. The first-order valence-electron chi connectivity index (χ1n) is 11.3. The number of para-hydroxylation sites is 1. The summed E-state index contributed by atoms with van der Waals surface area (Å²) in [6, 6.07) is 18.4. The summed E-state index contributed by atoms with van der Waals surface area (Å²) >= 11 is 0. The van der Waals surface area contributed by atoms with E-state index in [1.54, 1.807) is 0 Å². The van der Waals surface area contributed by atoms with Crippen molar-refractivity contribution >= 4 is 27.7 Å². The van der Waals surface area contributed by atoms with E-state index in [0.29, 0.717) is 6.54 Å². The lowest BCUT2D eigenvalue weighted by molar-refractivity contribution is 0.0653. The molecule has 0 spiro atoms. The molecule has 0 bridgehead atoms. The smallest absolute Gasteiger partial charge is 0.256 e. The number of aryl methyl sites for hydroxylation is 2. The molecule has 6 nitrogen and oxygen atoms in total. The van der Waals surface area contributed by atoms with Gasteiger partial charge in [-0.15, -0.1) is 0 Å². The molecule has 1 aliphatic rings. The van der Waals surface area contributed by atoms with Gasteiger partial charge in [-0.3, -0.25) is 14.5 Å². The summed E-state index contributed by atoms with van der Waals surface area (Å²) in [6.07, 6.45) is 7.26. The van der Waals surface area contributed by atoms with Gasteiger partial charge < -0.3 is 9.47 Å². The Morgan fingerprint density at radius 1 is 1.09 bits per heavy atom. The van der Waals surface area contributed by atoms with Gasteiger partial charge in [-0.2, -0.15) is 5.10 Å². The first-order chi connectivity index (χ1) is 16.1. The number of amides is 1. The molecule has 3 aromatic heterocycles. The minimum Gasteiger partial charge on any atom is -0.350 e. The molecule has 2 aromatic carbocycles. The average molecular weight is 436 g/mol. The van der Waals surface area contributed by atoms with Gasteiger partial charge >= 0.3 is 0 Å². The van der Waals surface area contributed by atoms with Crippen molar-refractivity contribution in [2.45, 2.75) is 18.9 Å². The Bertz CT molecular complexity index is 1510. The standard InChI is InChI=1S/C27H25N5O/c1-30-17-22(21-7-3-4-8-24(21)30)27(33)32-13-11-20-16-29-31(2)26(20)25(32)15-18-9-10-19-6-5-12-28-23(19)14-18/h3-10,12,14,16-17,25H,11,13,15H2,1-2H3. The monoisotopic (exact) mass is 435 g/mol. The van der Waals surface area contributed by atoms with Crippen LogP contribution in [0.25, 0.3) is 21.8 Å². The summed E-state index contributed by atoms with van der Waals surface area (Å²) < 4.78 is 3.97. The highest BCUT2D eigenvalue weighted by molar-refractivity contribution is 6.07. The summed E-state index contributed by atoms with van der Waals surface area (Å²) in [7, 11) is 3.97. The number of fused-ring (bicyclic) bond motifs is 3. The van der Waals surface area contributed by atoms with E-state index in [4.69, 9.17) is 0 Å². The molecule has 1 unspecified atom stereocenters. The van der Waals surface area contributed by atoms with Gasteiger partial charge in [0, 0.05) is 49.3 Å². The molecule has 0 aliphatic carbocycles. The van der Waals surface area contributed by atoms with Crippen molar-refractivity contribution in [3.63, 3.8) is 0 Å². The van der Waals surface area contributed by atoms with E-state index in [9.17, 15) is 4.79 Å².